The quantitative estimate of drug-likeness (QED) is 0.685. The smallest absolute Gasteiger partial charge is 0.245 e. The van der Waals surface area contributed by atoms with E-state index in [2.05, 4.69) is 22.3 Å². The zero-order valence-electron chi connectivity index (χ0n) is 12.4. The minimum Gasteiger partial charge on any atom is -0.348 e. The minimum atomic E-state index is 0.0506. The van der Waals surface area contributed by atoms with E-state index in [4.69, 9.17) is 0 Å². The van der Waals surface area contributed by atoms with Gasteiger partial charge < -0.3 is 10.2 Å². The molecule has 3 nitrogen and oxygen atoms in total. The van der Waals surface area contributed by atoms with Gasteiger partial charge in [-0.05, 0) is 55.8 Å². The van der Waals surface area contributed by atoms with E-state index >= 15 is 0 Å². The molecule has 1 aromatic rings. The van der Waals surface area contributed by atoms with Crippen LogP contribution in [0.2, 0.25) is 0 Å². The summed E-state index contributed by atoms with van der Waals surface area (Å²) in [7, 11) is 0. The summed E-state index contributed by atoms with van der Waals surface area (Å²) in [5, 5.41) is 3.20. The number of piperidine rings is 3. The van der Waals surface area contributed by atoms with Crippen molar-refractivity contribution in [2.45, 2.75) is 30.7 Å². The SMILES string of the molecule is C/C(=C/C(=O)NC1CN2CCC1CC2)Sc1ccccc1. The molecule has 1 unspecified atom stereocenters. The maximum atomic E-state index is 12.2. The molecule has 0 radical (unpaired) electrons. The maximum absolute atomic E-state index is 12.2. The zero-order valence-corrected chi connectivity index (χ0v) is 13.2. The van der Waals surface area contributed by atoms with E-state index in [1.54, 1.807) is 17.8 Å². The third kappa shape index (κ3) is 3.89. The number of nitrogens with zero attached hydrogens (tertiary/aromatic N) is 1. The summed E-state index contributed by atoms with van der Waals surface area (Å²) in [6.45, 7) is 5.43. The fourth-order valence-corrected chi connectivity index (χ4v) is 4.07. The normalized spacial score (nSPS) is 28.4. The van der Waals surface area contributed by atoms with Crippen LogP contribution in [0.25, 0.3) is 0 Å². The van der Waals surface area contributed by atoms with Gasteiger partial charge in [0.1, 0.15) is 0 Å². The first-order valence-corrected chi connectivity index (χ1v) is 8.46. The molecule has 3 heterocycles. The topological polar surface area (TPSA) is 32.3 Å². The van der Waals surface area contributed by atoms with Gasteiger partial charge in [0, 0.05) is 23.6 Å². The van der Waals surface area contributed by atoms with Gasteiger partial charge in [-0.2, -0.15) is 0 Å². The van der Waals surface area contributed by atoms with Crippen molar-refractivity contribution >= 4 is 17.7 Å². The Bertz CT molecular complexity index is 521. The lowest BCUT2D eigenvalue weighted by molar-refractivity contribution is -0.118. The summed E-state index contributed by atoms with van der Waals surface area (Å²) in [5.74, 6) is 0.726. The molecule has 1 aromatic carbocycles. The highest BCUT2D eigenvalue weighted by Crippen LogP contribution is 2.28. The van der Waals surface area contributed by atoms with E-state index in [1.165, 1.54) is 30.8 Å². The van der Waals surface area contributed by atoms with Crippen LogP contribution >= 0.6 is 11.8 Å². The second kappa shape index (κ2) is 6.67. The molecule has 0 spiro atoms. The summed E-state index contributed by atoms with van der Waals surface area (Å²) < 4.78 is 0. The molecule has 112 valence electrons. The van der Waals surface area contributed by atoms with Gasteiger partial charge in [0.2, 0.25) is 5.91 Å². The van der Waals surface area contributed by atoms with Gasteiger partial charge >= 0.3 is 0 Å². The molecule has 0 aliphatic carbocycles. The third-order valence-corrected chi connectivity index (χ3v) is 5.29. The Morgan fingerprint density at radius 1 is 1.29 bits per heavy atom. The Hall–Kier alpha value is -1.26. The summed E-state index contributed by atoms with van der Waals surface area (Å²) >= 11 is 1.64. The van der Waals surface area contributed by atoms with E-state index in [0.717, 1.165) is 11.4 Å². The molecule has 1 amide bonds. The van der Waals surface area contributed by atoms with E-state index in [1.807, 2.05) is 25.1 Å². The number of thioether (sulfide) groups is 1. The summed E-state index contributed by atoms with van der Waals surface area (Å²) in [6, 6.07) is 10.5. The number of carbonyl (C=O) groups is 1. The average Bonchev–Trinajstić information content (AvgIpc) is 2.49. The maximum Gasteiger partial charge on any atom is 0.245 e. The van der Waals surface area contributed by atoms with Crippen molar-refractivity contribution in [3.8, 4) is 0 Å². The van der Waals surface area contributed by atoms with Crippen molar-refractivity contribution < 1.29 is 4.79 Å². The van der Waals surface area contributed by atoms with Crippen LogP contribution in [-0.4, -0.2) is 36.5 Å². The van der Waals surface area contributed by atoms with Gasteiger partial charge in [0.25, 0.3) is 0 Å². The van der Waals surface area contributed by atoms with Crippen molar-refractivity contribution in [3.05, 3.63) is 41.3 Å². The summed E-state index contributed by atoms with van der Waals surface area (Å²) in [4.78, 5) is 16.8. The molecule has 0 aromatic heterocycles. The summed E-state index contributed by atoms with van der Waals surface area (Å²) in [6.07, 6.45) is 4.19. The number of allylic oxidation sites excluding steroid dienone is 1. The number of nitrogens with one attached hydrogen (secondary N) is 1. The fraction of sp³-hybridized carbons (Fsp3) is 0.471. The molecule has 4 rings (SSSR count). The van der Waals surface area contributed by atoms with E-state index in [9.17, 15) is 4.79 Å². The van der Waals surface area contributed by atoms with Gasteiger partial charge in [-0.1, -0.05) is 30.0 Å². The van der Waals surface area contributed by atoms with Crippen LogP contribution in [0.5, 0.6) is 0 Å². The number of carbonyl (C=O) groups excluding carboxylic acids is 1. The van der Waals surface area contributed by atoms with Gasteiger partial charge in [0.15, 0.2) is 0 Å². The van der Waals surface area contributed by atoms with Crippen molar-refractivity contribution in [1.29, 1.82) is 0 Å². The van der Waals surface area contributed by atoms with Crippen LogP contribution < -0.4 is 5.32 Å². The van der Waals surface area contributed by atoms with Crippen molar-refractivity contribution in [3.63, 3.8) is 0 Å². The van der Waals surface area contributed by atoms with E-state index in [0.29, 0.717) is 12.0 Å². The standard InChI is InChI=1S/C17H22N2OS/c1-13(21-15-5-3-2-4-6-15)11-17(20)18-16-12-19-9-7-14(16)8-10-19/h2-6,11,14,16H,7-10,12H2,1H3,(H,18,20)/b13-11-. The average molecular weight is 302 g/mol. The van der Waals surface area contributed by atoms with Gasteiger partial charge in [-0.25, -0.2) is 0 Å². The second-order valence-corrected chi connectivity index (χ2v) is 7.24. The third-order valence-electron chi connectivity index (χ3n) is 4.34. The lowest BCUT2D eigenvalue weighted by Gasteiger charge is -2.44. The second-order valence-electron chi connectivity index (χ2n) is 5.92. The molecular weight excluding hydrogens is 280 g/mol. The van der Waals surface area contributed by atoms with Crippen LogP contribution in [0.1, 0.15) is 19.8 Å². The van der Waals surface area contributed by atoms with Gasteiger partial charge in [-0.3, -0.25) is 4.79 Å². The molecule has 3 fully saturated rings. The molecule has 3 aliphatic heterocycles. The Morgan fingerprint density at radius 2 is 2.00 bits per heavy atom. The van der Waals surface area contributed by atoms with Crippen LogP contribution in [0, 0.1) is 5.92 Å². The fourth-order valence-electron chi connectivity index (χ4n) is 3.24. The van der Waals surface area contributed by atoms with Crippen molar-refractivity contribution in [1.82, 2.24) is 10.2 Å². The molecule has 1 atom stereocenters. The monoisotopic (exact) mass is 302 g/mol. The number of hydrogen-bond donors (Lipinski definition) is 1. The Balaban J connectivity index is 1.54. The lowest BCUT2D eigenvalue weighted by atomic mass is 9.84. The molecular formula is C17H22N2OS. The van der Waals surface area contributed by atoms with Crippen molar-refractivity contribution in [2.24, 2.45) is 5.92 Å². The number of hydrogen-bond acceptors (Lipinski definition) is 3. The molecule has 2 bridgehead atoms. The van der Waals surface area contributed by atoms with Crippen LogP contribution in [-0.2, 0) is 4.79 Å². The highest BCUT2D eigenvalue weighted by molar-refractivity contribution is 8.03. The molecule has 0 saturated carbocycles. The predicted octanol–water partition coefficient (Wildman–Crippen LogP) is 2.89. The zero-order chi connectivity index (χ0) is 14.7. The van der Waals surface area contributed by atoms with Gasteiger partial charge in [0.05, 0.1) is 0 Å². The Morgan fingerprint density at radius 3 is 2.62 bits per heavy atom. The molecule has 4 heteroatoms. The molecule has 1 N–H and O–H groups in total. The number of fused-ring (bicyclic) bond motifs is 3. The Labute approximate surface area is 130 Å². The number of benzene rings is 1. The van der Waals surface area contributed by atoms with Crippen LogP contribution in [0.3, 0.4) is 0 Å². The number of amides is 1. The van der Waals surface area contributed by atoms with Crippen LogP contribution in [0.15, 0.2) is 46.2 Å². The predicted molar refractivity (Wildman–Crippen MR) is 87.2 cm³/mol. The first-order valence-electron chi connectivity index (χ1n) is 7.65. The highest BCUT2D eigenvalue weighted by atomic mass is 32.2. The van der Waals surface area contributed by atoms with E-state index in [-0.39, 0.29) is 5.91 Å². The van der Waals surface area contributed by atoms with Crippen molar-refractivity contribution in [2.75, 3.05) is 19.6 Å². The number of rotatable bonds is 4. The first kappa shape index (κ1) is 14.7. The first-order chi connectivity index (χ1) is 10.2. The molecule has 21 heavy (non-hydrogen) atoms. The Kier molecular flexibility index (Phi) is 4.66. The minimum absolute atomic E-state index is 0.0506. The summed E-state index contributed by atoms with van der Waals surface area (Å²) in [5.41, 5.74) is 0. The largest absolute Gasteiger partial charge is 0.348 e. The van der Waals surface area contributed by atoms with E-state index < -0.39 is 0 Å². The molecule has 3 aliphatic rings. The lowest BCUT2D eigenvalue weighted by Crippen LogP contribution is -2.57. The molecule has 3 saturated heterocycles. The van der Waals surface area contributed by atoms with Crippen LogP contribution in [0.4, 0.5) is 0 Å². The highest BCUT2D eigenvalue weighted by Gasteiger charge is 2.34. The van der Waals surface area contributed by atoms with Gasteiger partial charge in [-0.15, -0.1) is 0 Å².